The Morgan fingerprint density at radius 1 is 0.812 bits per heavy atom. The molecular formula is C14H24N2. The van der Waals surface area contributed by atoms with Crippen molar-refractivity contribution in [2.24, 2.45) is 0 Å². The van der Waals surface area contributed by atoms with Crippen molar-refractivity contribution in [3.05, 3.63) is 24.3 Å². The monoisotopic (exact) mass is 220 g/mol. The second-order valence-corrected chi connectivity index (χ2v) is 4.47. The van der Waals surface area contributed by atoms with Gasteiger partial charge < -0.3 is 0 Å². The molecule has 0 fully saturated rings. The smallest absolute Gasteiger partial charge is 0.115 e. The van der Waals surface area contributed by atoms with Crippen molar-refractivity contribution in [3.63, 3.8) is 0 Å². The van der Waals surface area contributed by atoms with Crippen LogP contribution in [-0.2, 0) is 6.42 Å². The van der Waals surface area contributed by atoms with Gasteiger partial charge in [-0.1, -0.05) is 51.9 Å². The van der Waals surface area contributed by atoms with E-state index in [1.54, 1.807) is 6.33 Å². The molecular weight excluding hydrogens is 196 g/mol. The normalized spacial score (nSPS) is 10.6. The van der Waals surface area contributed by atoms with Crippen molar-refractivity contribution >= 4 is 0 Å². The predicted octanol–water partition coefficient (Wildman–Crippen LogP) is 4.16. The zero-order valence-corrected chi connectivity index (χ0v) is 10.5. The molecule has 0 aliphatic carbocycles. The van der Waals surface area contributed by atoms with Crippen molar-refractivity contribution in [2.75, 3.05) is 0 Å². The van der Waals surface area contributed by atoms with Crippen molar-refractivity contribution in [1.29, 1.82) is 0 Å². The minimum absolute atomic E-state index is 1.13. The maximum Gasteiger partial charge on any atom is 0.115 e. The maximum atomic E-state index is 4.02. The third-order valence-corrected chi connectivity index (χ3v) is 2.93. The Hall–Kier alpha value is -0.920. The van der Waals surface area contributed by atoms with Crippen LogP contribution in [0.15, 0.2) is 18.7 Å². The van der Waals surface area contributed by atoms with Gasteiger partial charge in [-0.05, 0) is 18.4 Å². The van der Waals surface area contributed by atoms with Crippen LogP contribution in [-0.4, -0.2) is 9.97 Å². The fraction of sp³-hybridized carbons (Fsp3) is 0.714. The molecule has 1 aromatic heterocycles. The summed E-state index contributed by atoms with van der Waals surface area (Å²) in [6, 6.07) is 0. The van der Waals surface area contributed by atoms with Crippen molar-refractivity contribution in [2.45, 2.75) is 64.7 Å². The lowest BCUT2D eigenvalue weighted by Gasteiger charge is -2.01. The van der Waals surface area contributed by atoms with Crippen molar-refractivity contribution < 1.29 is 0 Å². The molecule has 0 aliphatic heterocycles. The van der Waals surface area contributed by atoms with Gasteiger partial charge in [-0.25, -0.2) is 9.97 Å². The minimum Gasteiger partial charge on any atom is -0.245 e. The third kappa shape index (κ3) is 6.54. The van der Waals surface area contributed by atoms with Crippen LogP contribution in [0.25, 0.3) is 0 Å². The molecule has 16 heavy (non-hydrogen) atoms. The third-order valence-electron chi connectivity index (χ3n) is 2.93. The number of nitrogens with zero attached hydrogens (tertiary/aromatic N) is 2. The Labute approximate surface area is 99.5 Å². The molecule has 0 amide bonds. The fourth-order valence-electron chi connectivity index (χ4n) is 1.92. The second kappa shape index (κ2) is 9.32. The zero-order chi connectivity index (χ0) is 11.5. The van der Waals surface area contributed by atoms with Gasteiger partial charge in [-0.3, -0.25) is 0 Å². The summed E-state index contributed by atoms with van der Waals surface area (Å²) in [5.41, 5.74) is 1.27. The number of hydrogen-bond donors (Lipinski definition) is 0. The highest BCUT2D eigenvalue weighted by molar-refractivity contribution is 5.01. The van der Waals surface area contributed by atoms with Crippen LogP contribution in [0.2, 0.25) is 0 Å². The van der Waals surface area contributed by atoms with E-state index < -0.39 is 0 Å². The maximum absolute atomic E-state index is 4.02. The quantitative estimate of drug-likeness (QED) is 0.584. The highest BCUT2D eigenvalue weighted by Gasteiger charge is 1.94. The molecule has 1 rings (SSSR count). The van der Waals surface area contributed by atoms with E-state index in [0.29, 0.717) is 0 Å². The molecule has 0 radical (unpaired) electrons. The first kappa shape index (κ1) is 13.1. The molecule has 0 saturated heterocycles. The minimum atomic E-state index is 1.13. The summed E-state index contributed by atoms with van der Waals surface area (Å²) in [5, 5.41) is 0. The largest absolute Gasteiger partial charge is 0.245 e. The first-order valence-electron chi connectivity index (χ1n) is 6.67. The predicted molar refractivity (Wildman–Crippen MR) is 68.3 cm³/mol. The number of hydrogen-bond acceptors (Lipinski definition) is 2. The molecule has 0 aliphatic rings. The first-order valence-corrected chi connectivity index (χ1v) is 6.67. The number of aromatic nitrogens is 2. The molecule has 0 saturated carbocycles. The number of rotatable bonds is 9. The van der Waals surface area contributed by atoms with E-state index in [2.05, 4.69) is 16.9 Å². The molecule has 0 unspecified atom stereocenters. The van der Waals surface area contributed by atoms with Crippen LogP contribution in [0.1, 0.15) is 63.9 Å². The van der Waals surface area contributed by atoms with Gasteiger partial charge in [-0.15, -0.1) is 0 Å². The highest BCUT2D eigenvalue weighted by atomic mass is 14.8. The Bertz CT molecular complexity index is 246. The second-order valence-electron chi connectivity index (χ2n) is 4.47. The average molecular weight is 220 g/mol. The van der Waals surface area contributed by atoms with Gasteiger partial charge in [0, 0.05) is 12.4 Å². The molecule has 90 valence electrons. The molecule has 2 nitrogen and oxygen atoms in total. The van der Waals surface area contributed by atoms with Crippen LogP contribution in [0, 0.1) is 0 Å². The lowest BCUT2D eigenvalue weighted by atomic mass is 10.1. The molecule has 0 N–H and O–H groups in total. The summed E-state index contributed by atoms with van der Waals surface area (Å²) in [6.45, 7) is 2.27. The SMILES string of the molecule is CCCCCCCCCCc1cncnc1. The molecule has 0 spiro atoms. The fourth-order valence-corrected chi connectivity index (χ4v) is 1.92. The molecule has 0 bridgehead atoms. The Kier molecular flexibility index (Phi) is 7.65. The van der Waals surface area contributed by atoms with Crippen molar-refractivity contribution in [1.82, 2.24) is 9.97 Å². The van der Waals surface area contributed by atoms with Gasteiger partial charge in [-0.2, -0.15) is 0 Å². The van der Waals surface area contributed by atoms with Gasteiger partial charge in [0.15, 0.2) is 0 Å². The van der Waals surface area contributed by atoms with Crippen molar-refractivity contribution in [3.8, 4) is 0 Å². The van der Waals surface area contributed by atoms with E-state index in [4.69, 9.17) is 0 Å². The standard InChI is InChI=1S/C14H24N2/c1-2-3-4-5-6-7-8-9-10-14-11-15-13-16-12-14/h11-13H,2-10H2,1H3. The van der Waals surface area contributed by atoms with E-state index >= 15 is 0 Å². The lowest BCUT2D eigenvalue weighted by Crippen LogP contribution is -1.88. The van der Waals surface area contributed by atoms with Crippen LogP contribution in [0.4, 0.5) is 0 Å². The molecule has 2 heteroatoms. The van der Waals surface area contributed by atoms with Gasteiger partial charge in [0.2, 0.25) is 0 Å². The summed E-state index contributed by atoms with van der Waals surface area (Å²) < 4.78 is 0. The summed E-state index contributed by atoms with van der Waals surface area (Å²) in [5.74, 6) is 0. The van der Waals surface area contributed by atoms with Crippen LogP contribution >= 0.6 is 0 Å². The molecule has 0 atom stereocenters. The summed E-state index contributed by atoms with van der Waals surface area (Å²) in [7, 11) is 0. The highest BCUT2D eigenvalue weighted by Crippen LogP contribution is 2.10. The van der Waals surface area contributed by atoms with Gasteiger partial charge >= 0.3 is 0 Å². The molecule has 1 heterocycles. The average Bonchev–Trinajstić information content (AvgIpc) is 2.34. The van der Waals surface area contributed by atoms with Gasteiger partial charge in [0.1, 0.15) is 6.33 Å². The summed E-state index contributed by atoms with van der Waals surface area (Å²) in [6.07, 6.45) is 17.6. The number of unbranched alkanes of at least 4 members (excludes halogenated alkanes) is 7. The molecule has 0 aromatic carbocycles. The molecule has 1 aromatic rings. The Morgan fingerprint density at radius 2 is 1.38 bits per heavy atom. The van der Waals surface area contributed by atoms with Crippen LogP contribution in [0.3, 0.4) is 0 Å². The Balaban J connectivity index is 1.89. The summed E-state index contributed by atoms with van der Waals surface area (Å²) in [4.78, 5) is 8.04. The van der Waals surface area contributed by atoms with E-state index in [0.717, 1.165) is 6.42 Å². The van der Waals surface area contributed by atoms with E-state index in [9.17, 15) is 0 Å². The summed E-state index contributed by atoms with van der Waals surface area (Å²) >= 11 is 0. The topological polar surface area (TPSA) is 25.8 Å². The van der Waals surface area contributed by atoms with Crippen LogP contribution in [0.5, 0.6) is 0 Å². The lowest BCUT2D eigenvalue weighted by molar-refractivity contribution is 0.575. The van der Waals surface area contributed by atoms with E-state index in [1.165, 1.54) is 56.9 Å². The number of aryl methyl sites for hydroxylation is 1. The first-order chi connectivity index (χ1) is 7.93. The van der Waals surface area contributed by atoms with Gasteiger partial charge in [0.05, 0.1) is 0 Å². The van der Waals surface area contributed by atoms with E-state index in [1.807, 2.05) is 12.4 Å². The van der Waals surface area contributed by atoms with E-state index in [-0.39, 0.29) is 0 Å². The van der Waals surface area contributed by atoms with Crippen LogP contribution < -0.4 is 0 Å². The van der Waals surface area contributed by atoms with Gasteiger partial charge in [0.25, 0.3) is 0 Å². The zero-order valence-electron chi connectivity index (χ0n) is 10.5. The Morgan fingerprint density at radius 3 is 2.00 bits per heavy atom.